The Bertz CT molecular complexity index is 771. The van der Waals surface area contributed by atoms with E-state index < -0.39 is 0 Å². The summed E-state index contributed by atoms with van der Waals surface area (Å²) in [4.78, 5) is 20.0. The highest BCUT2D eigenvalue weighted by atomic mass is 32.1. The van der Waals surface area contributed by atoms with Crippen LogP contribution in [0.4, 0.5) is 5.82 Å². The summed E-state index contributed by atoms with van der Waals surface area (Å²) >= 11 is 1.69. The van der Waals surface area contributed by atoms with Gasteiger partial charge in [0.05, 0.1) is 5.01 Å². The quantitative estimate of drug-likeness (QED) is 0.720. The first-order chi connectivity index (χ1) is 11.1. The van der Waals surface area contributed by atoms with E-state index in [0.29, 0.717) is 0 Å². The summed E-state index contributed by atoms with van der Waals surface area (Å²) in [5.74, 6) is 1.69. The predicted octanol–water partition coefficient (Wildman–Crippen LogP) is 3.29. The van der Waals surface area contributed by atoms with E-state index in [1.165, 1.54) is 0 Å². The zero-order valence-corrected chi connectivity index (χ0v) is 14.3. The summed E-state index contributed by atoms with van der Waals surface area (Å²) in [6, 6.07) is 3.89. The van der Waals surface area contributed by atoms with Gasteiger partial charge in [-0.15, -0.1) is 11.3 Å². The Balaban J connectivity index is 1.87. The van der Waals surface area contributed by atoms with Crippen LogP contribution in [-0.4, -0.2) is 33.5 Å². The van der Waals surface area contributed by atoms with Crippen LogP contribution >= 0.6 is 11.3 Å². The minimum Gasteiger partial charge on any atom is -0.359 e. The number of rotatable bonds is 5. The second-order valence-electron chi connectivity index (χ2n) is 5.42. The number of pyridine rings is 1. The fourth-order valence-electron chi connectivity index (χ4n) is 2.36. The van der Waals surface area contributed by atoms with Crippen LogP contribution in [0.5, 0.6) is 0 Å². The van der Waals surface area contributed by atoms with Crippen molar-refractivity contribution in [1.82, 2.24) is 19.9 Å². The highest BCUT2D eigenvalue weighted by Gasteiger charge is 2.13. The molecule has 3 aromatic rings. The van der Waals surface area contributed by atoms with Gasteiger partial charge in [-0.05, 0) is 26.0 Å². The Morgan fingerprint density at radius 3 is 2.74 bits per heavy atom. The average Bonchev–Trinajstić information content (AvgIpc) is 3.09. The molecule has 0 atom stereocenters. The van der Waals surface area contributed by atoms with Crippen LogP contribution in [-0.2, 0) is 6.42 Å². The molecule has 0 N–H and O–H groups in total. The van der Waals surface area contributed by atoms with E-state index in [1.807, 2.05) is 30.6 Å². The van der Waals surface area contributed by atoms with Gasteiger partial charge in [-0.25, -0.2) is 15.0 Å². The molecule has 0 aliphatic heterocycles. The normalized spacial score (nSPS) is 10.7. The van der Waals surface area contributed by atoms with Gasteiger partial charge in [0.15, 0.2) is 5.82 Å². The highest BCUT2D eigenvalue weighted by molar-refractivity contribution is 7.09. The fourth-order valence-corrected chi connectivity index (χ4v) is 2.96. The molecule has 3 rings (SSSR count). The summed E-state index contributed by atoms with van der Waals surface area (Å²) in [5, 5.41) is 3.16. The SMILES string of the molecule is Cc1nc(-c2cccnc2)nc(N(C)CCc2nccs2)c1C. The molecule has 0 bridgehead atoms. The Kier molecular flexibility index (Phi) is 4.62. The summed E-state index contributed by atoms with van der Waals surface area (Å²) in [6.07, 6.45) is 6.31. The largest absolute Gasteiger partial charge is 0.359 e. The number of hydrogen-bond acceptors (Lipinski definition) is 6. The molecule has 3 heterocycles. The maximum absolute atomic E-state index is 4.76. The van der Waals surface area contributed by atoms with E-state index in [0.717, 1.165) is 46.4 Å². The van der Waals surface area contributed by atoms with Crippen LogP contribution in [0.1, 0.15) is 16.3 Å². The molecule has 0 amide bonds. The Hall–Kier alpha value is -2.34. The summed E-state index contributed by atoms with van der Waals surface area (Å²) in [5.41, 5.74) is 3.04. The van der Waals surface area contributed by atoms with Crippen LogP contribution in [0.15, 0.2) is 36.1 Å². The van der Waals surface area contributed by atoms with E-state index in [1.54, 1.807) is 23.7 Å². The first-order valence-corrected chi connectivity index (χ1v) is 8.38. The van der Waals surface area contributed by atoms with Crippen molar-refractivity contribution in [2.75, 3.05) is 18.5 Å². The van der Waals surface area contributed by atoms with Crippen molar-refractivity contribution in [3.05, 3.63) is 52.4 Å². The molecule has 0 fully saturated rings. The van der Waals surface area contributed by atoms with Gasteiger partial charge in [0.1, 0.15) is 5.82 Å². The number of nitrogens with zero attached hydrogens (tertiary/aromatic N) is 5. The number of hydrogen-bond donors (Lipinski definition) is 0. The van der Waals surface area contributed by atoms with Crippen molar-refractivity contribution in [3.8, 4) is 11.4 Å². The third kappa shape index (κ3) is 3.53. The van der Waals surface area contributed by atoms with E-state index in [4.69, 9.17) is 4.98 Å². The predicted molar refractivity (Wildman–Crippen MR) is 93.8 cm³/mol. The molecule has 0 radical (unpaired) electrons. The monoisotopic (exact) mass is 325 g/mol. The lowest BCUT2D eigenvalue weighted by Crippen LogP contribution is -2.23. The standard InChI is InChI=1S/C17H19N5S/c1-12-13(2)20-16(14-5-4-7-18-11-14)21-17(12)22(3)9-6-15-19-8-10-23-15/h4-5,7-8,10-11H,6,9H2,1-3H3. The van der Waals surface area contributed by atoms with Gasteiger partial charge in [0.2, 0.25) is 0 Å². The lowest BCUT2D eigenvalue weighted by molar-refractivity contribution is 0.842. The van der Waals surface area contributed by atoms with E-state index in [2.05, 4.69) is 33.8 Å². The molecule has 6 heteroatoms. The second-order valence-corrected chi connectivity index (χ2v) is 6.40. The summed E-state index contributed by atoms with van der Waals surface area (Å²) < 4.78 is 0. The van der Waals surface area contributed by atoms with Crippen molar-refractivity contribution < 1.29 is 0 Å². The molecule has 0 unspecified atom stereocenters. The maximum Gasteiger partial charge on any atom is 0.163 e. The minimum absolute atomic E-state index is 0.720. The first-order valence-electron chi connectivity index (χ1n) is 7.50. The van der Waals surface area contributed by atoms with Gasteiger partial charge in [-0.2, -0.15) is 0 Å². The van der Waals surface area contributed by atoms with E-state index in [-0.39, 0.29) is 0 Å². The van der Waals surface area contributed by atoms with E-state index >= 15 is 0 Å². The third-order valence-electron chi connectivity index (χ3n) is 3.79. The van der Waals surface area contributed by atoms with Gasteiger partial charge in [-0.3, -0.25) is 4.98 Å². The number of anilines is 1. The van der Waals surface area contributed by atoms with E-state index in [9.17, 15) is 0 Å². The topological polar surface area (TPSA) is 54.8 Å². The lowest BCUT2D eigenvalue weighted by atomic mass is 10.2. The van der Waals surface area contributed by atoms with Gasteiger partial charge in [0.25, 0.3) is 0 Å². The molecule has 0 aliphatic rings. The fraction of sp³-hybridized carbons (Fsp3) is 0.294. The van der Waals surface area contributed by atoms with Gasteiger partial charge in [-0.1, -0.05) is 0 Å². The molecule has 118 valence electrons. The highest BCUT2D eigenvalue weighted by Crippen LogP contribution is 2.23. The number of likely N-dealkylation sites (N-methyl/N-ethyl adjacent to an activating group) is 1. The van der Waals surface area contributed by atoms with Crippen LogP contribution in [0.25, 0.3) is 11.4 Å². The van der Waals surface area contributed by atoms with Crippen molar-refractivity contribution in [2.45, 2.75) is 20.3 Å². The van der Waals surface area contributed by atoms with Gasteiger partial charge < -0.3 is 4.90 Å². The van der Waals surface area contributed by atoms with Crippen molar-refractivity contribution >= 4 is 17.2 Å². The van der Waals surface area contributed by atoms with Crippen LogP contribution in [0, 0.1) is 13.8 Å². The molecule has 0 saturated carbocycles. The van der Waals surface area contributed by atoms with Crippen LogP contribution in [0.2, 0.25) is 0 Å². The molecule has 5 nitrogen and oxygen atoms in total. The molecule has 0 spiro atoms. The maximum atomic E-state index is 4.76. The first kappa shape index (κ1) is 15.6. The number of aryl methyl sites for hydroxylation is 1. The second kappa shape index (κ2) is 6.83. The zero-order chi connectivity index (χ0) is 16.2. The lowest BCUT2D eigenvalue weighted by Gasteiger charge is -2.21. The Labute approximate surface area is 140 Å². The summed E-state index contributed by atoms with van der Waals surface area (Å²) in [6.45, 7) is 4.96. The minimum atomic E-state index is 0.720. The van der Waals surface area contributed by atoms with Crippen LogP contribution in [0.3, 0.4) is 0 Å². The zero-order valence-electron chi connectivity index (χ0n) is 13.5. The average molecular weight is 325 g/mol. The molecule has 23 heavy (non-hydrogen) atoms. The van der Waals surface area contributed by atoms with Gasteiger partial charge >= 0.3 is 0 Å². The van der Waals surface area contributed by atoms with Gasteiger partial charge in [0, 0.05) is 60.8 Å². The molecule has 0 aliphatic carbocycles. The molecule has 3 aromatic heterocycles. The summed E-state index contributed by atoms with van der Waals surface area (Å²) in [7, 11) is 2.06. The number of thiazole rings is 1. The van der Waals surface area contributed by atoms with Crippen LogP contribution < -0.4 is 4.90 Å². The smallest absolute Gasteiger partial charge is 0.163 e. The van der Waals surface area contributed by atoms with Crippen molar-refractivity contribution in [2.24, 2.45) is 0 Å². The molecule has 0 aromatic carbocycles. The Morgan fingerprint density at radius 2 is 2.04 bits per heavy atom. The molecule has 0 saturated heterocycles. The van der Waals surface area contributed by atoms with Crippen molar-refractivity contribution in [1.29, 1.82) is 0 Å². The Morgan fingerprint density at radius 1 is 1.17 bits per heavy atom. The molecular formula is C17H19N5S. The third-order valence-corrected chi connectivity index (χ3v) is 4.63. The number of aromatic nitrogens is 4. The molecular weight excluding hydrogens is 306 g/mol. The van der Waals surface area contributed by atoms with Crippen molar-refractivity contribution in [3.63, 3.8) is 0 Å².